The molecule has 2 aromatic rings. The van der Waals surface area contributed by atoms with Crippen LogP contribution in [0.2, 0.25) is 10.0 Å². The molecule has 0 spiro atoms. The van der Waals surface area contributed by atoms with Gasteiger partial charge in [0, 0.05) is 17.0 Å². The summed E-state index contributed by atoms with van der Waals surface area (Å²) in [5.41, 5.74) is 2.12. The van der Waals surface area contributed by atoms with Crippen molar-refractivity contribution in [2.45, 2.75) is 57.5 Å². The number of phenols is 1. The van der Waals surface area contributed by atoms with Crippen LogP contribution in [0, 0.1) is 5.92 Å². The number of nitrogens with zero attached hydrogens (tertiary/aromatic N) is 2. The van der Waals surface area contributed by atoms with Gasteiger partial charge in [0.15, 0.2) is 0 Å². The summed E-state index contributed by atoms with van der Waals surface area (Å²) in [5.74, 6) is -0.0875. The van der Waals surface area contributed by atoms with Gasteiger partial charge < -0.3 is 10.4 Å². The predicted octanol–water partition coefficient (Wildman–Crippen LogP) is 6.09. The largest absolute Gasteiger partial charge is 0.508 e. The molecule has 0 aromatic heterocycles. The molecular weight excluding hydrogens is 433 g/mol. The molecule has 2 aliphatic rings. The van der Waals surface area contributed by atoms with E-state index in [1.807, 2.05) is 25.1 Å². The Morgan fingerprint density at radius 2 is 1.74 bits per heavy atom. The fourth-order valence-electron chi connectivity index (χ4n) is 4.54. The molecule has 1 aliphatic heterocycles. The van der Waals surface area contributed by atoms with Crippen LogP contribution in [0.5, 0.6) is 5.75 Å². The highest BCUT2D eigenvalue weighted by Crippen LogP contribution is 2.42. The Hall–Kier alpha value is -2.24. The lowest BCUT2D eigenvalue weighted by Crippen LogP contribution is -2.40. The number of rotatable bonds is 4. The molecule has 0 bridgehead atoms. The number of phenolic OH excluding ortho intramolecular Hbond substituents is 1. The quantitative estimate of drug-likeness (QED) is 0.543. The third kappa shape index (κ3) is 4.83. The lowest BCUT2D eigenvalue weighted by Gasteiger charge is -2.27. The number of halogens is 2. The summed E-state index contributed by atoms with van der Waals surface area (Å²) in [7, 11) is 0. The maximum atomic E-state index is 13.2. The highest BCUT2D eigenvalue weighted by molar-refractivity contribution is 6.41. The smallest absolute Gasteiger partial charge is 0.268 e. The first-order chi connectivity index (χ1) is 14.9. The molecule has 7 heteroatoms. The fraction of sp³-hybridized carbons (Fsp3) is 0.417. The standard InChI is InChI=1S/C24H27Cl2N3O2/c1-15-22(24(31)27-18-6-4-2-3-5-7-18)28-29(21-13-10-17(25)14-20(21)26)23(15)16-8-11-19(30)12-9-16/h8-15,18,23,30H,2-7H2,1H3,(H,27,31)/t15-,23+/m1/s1. The molecule has 1 aliphatic carbocycles. The van der Waals surface area contributed by atoms with Crippen LogP contribution in [0.4, 0.5) is 5.69 Å². The van der Waals surface area contributed by atoms with Gasteiger partial charge in [-0.15, -0.1) is 0 Å². The number of hydrazone groups is 1. The van der Waals surface area contributed by atoms with Crippen LogP contribution < -0.4 is 10.3 Å². The number of amides is 1. The molecule has 4 rings (SSSR count). The predicted molar refractivity (Wildman–Crippen MR) is 126 cm³/mol. The number of carbonyl (C=O) groups excluding carboxylic acids is 1. The molecule has 164 valence electrons. The van der Waals surface area contributed by atoms with Crippen LogP contribution in [0.15, 0.2) is 47.6 Å². The fourth-order valence-corrected chi connectivity index (χ4v) is 5.03. The first kappa shape index (κ1) is 22.0. The molecule has 1 saturated carbocycles. The topological polar surface area (TPSA) is 64.9 Å². The number of nitrogens with one attached hydrogen (secondary N) is 1. The maximum Gasteiger partial charge on any atom is 0.268 e. The average molecular weight is 460 g/mol. The first-order valence-corrected chi connectivity index (χ1v) is 11.6. The van der Waals surface area contributed by atoms with Crippen molar-refractivity contribution in [1.82, 2.24) is 5.32 Å². The van der Waals surface area contributed by atoms with E-state index >= 15 is 0 Å². The summed E-state index contributed by atoms with van der Waals surface area (Å²) in [5, 5.41) is 20.5. The zero-order chi connectivity index (χ0) is 22.0. The number of anilines is 1. The summed E-state index contributed by atoms with van der Waals surface area (Å²) in [4.78, 5) is 13.2. The molecule has 1 amide bonds. The summed E-state index contributed by atoms with van der Waals surface area (Å²) >= 11 is 12.6. The molecule has 1 fully saturated rings. The van der Waals surface area contributed by atoms with Crippen molar-refractivity contribution >= 4 is 40.5 Å². The molecular formula is C24H27Cl2N3O2. The van der Waals surface area contributed by atoms with E-state index in [-0.39, 0.29) is 29.7 Å². The first-order valence-electron chi connectivity index (χ1n) is 10.9. The van der Waals surface area contributed by atoms with Crippen molar-refractivity contribution < 1.29 is 9.90 Å². The summed E-state index contributed by atoms with van der Waals surface area (Å²) < 4.78 is 0. The molecule has 2 aromatic carbocycles. The Bertz CT molecular complexity index is 969. The molecule has 2 atom stereocenters. The van der Waals surface area contributed by atoms with Gasteiger partial charge in [0.2, 0.25) is 0 Å². The number of aromatic hydroxyl groups is 1. The van der Waals surface area contributed by atoms with Crippen LogP contribution in [0.3, 0.4) is 0 Å². The van der Waals surface area contributed by atoms with E-state index in [1.165, 1.54) is 12.8 Å². The van der Waals surface area contributed by atoms with E-state index in [0.29, 0.717) is 21.4 Å². The van der Waals surface area contributed by atoms with Gasteiger partial charge >= 0.3 is 0 Å². The van der Waals surface area contributed by atoms with Crippen molar-refractivity contribution in [1.29, 1.82) is 0 Å². The number of carbonyl (C=O) groups is 1. The van der Waals surface area contributed by atoms with Gasteiger partial charge in [-0.1, -0.05) is 67.9 Å². The SMILES string of the molecule is C[C@@H]1C(C(=O)NC2CCCCCC2)=NN(c2ccc(Cl)cc2Cl)[C@@H]1c1ccc(O)cc1. The van der Waals surface area contributed by atoms with Gasteiger partial charge in [0.25, 0.3) is 5.91 Å². The van der Waals surface area contributed by atoms with Gasteiger partial charge in [-0.05, 0) is 48.7 Å². The van der Waals surface area contributed by atoms with E-state index in [9.17, 15) is 9.90 Å². The van der Waals surface area contributed by atoms with E-state index in [2.05, 4.69) is 5.32 Å². The summed E-state index contributed by atoms with van der Waals surface area (Å²) in [6.45, 7) is 2.01. The second-order valence-electron chi connectivity index (χ2n) is 8.41. The van der Waals surface area contributed by atoms with Crippen LogP contribution in [-0.4, -0.2) is 22.8 Å². The zero-order valence-corrected chi connectivity index (χ0v) is 19.0. The Labute approximate surface area is 193 Å². The highest BCUT2D eigenvalue weighted by atomic mass is 35.5. The molecule has 1 heterocycles. The Kier molecular flexibility index (Phi) is 6.73. The van der Waals surface area contributed by atoms with Gasteiger partial charge in [-0.3, -0.25) is 9.80 Å². The molecule has 0 unspecified atom stereocenters. The Morgan fingerprint density at radius 3 is 2.39 bits per heavy atom. The van der Waals surface area contributed by atoms with E-state index in [4.69, 9.17) is 28.3 Å². The van der Waals surface area contributed by atoms with Crippen LogP contribution in [-0.2, 0) is 4.79 Å². The lowest BCUT2D eigenvalue weighted by molar-refractivity contribution is -0.115. The molecule has 0 radical (unpaired) electrons. The van der Waals surface area contributed by atoms with Crippen molar-refractivity contribution in [2.75, 3.05) is 5.01 Å². The minimum absolute atomic E-state index is 0.115. The van der Waals surface area contributed by atoms with Crippen LogP contribution in [0.25, 0.3) is 0 Å². The Morgan fingerprint density at radius 1 is 1.06 bits per heavy atom. The van der Waals surface area contributed by atoms with E-state index < -0.39 is 0 Å². The molecule has 2 N–H and O–H groups in total. The van der Waals surface area contributed by atoms with Crippen molar-refractivity contribution in [2.24, 2.45) is 11.0 Å². The van der Waals surface area contributed by atoms with E-state index in [1.54, 1.807) is 29.3 Å². The average Bonchev–Trinajstić information content (AvgIpc) is 2.89. The van der Waals surface area contributed by atoms with Gasteiger partial charge in [-0.25, -0.2) is 0 Å². The second kappa shape index (κ2) is 9.49. The van der Waals surface area contributed by atoms with Crippen molar-refractivity contribution in [3.8, 4) is 5.75 Å². The monoisotopic (exact) mass is 459 g/mol. The Balaban J connectivity index is 1.66. The highest BCUT2D eigenvalue weighted by Gasteiger charge is 2.40. The lowest BCUT2D eigenvalue weighted by atomic mass is 9.90. The van der Waals surface area contributed by atoms with E-state index in [0.717, 1.165) is 31.2 Å². The maximum absolute atomic E-state index is 13.2. The number of benzene rings is 2. The minimum atomic E-state index is -0.228. The molecule has 0 saturated heterocycles. The molecule has 31 heavy (non-hydrogen) atoms. The third-order valence-electron chi connectivity index (χ3n) is 6.20. The number of hydrogen-bond acceptors (Lipinski definition) is 4. The van der Waals surface area contributed by atoms with Gasteiger partial charge in [-0.2, -0.15) is 5.10 Å². The zero-order valence-electron chi connectivity index (χ0n) is 17.5. The number of hydrogen-bond donors (Lipinski definition) is 2. The van der Waals surface area contributed by atoms with Crippen LogP contribution in [0.1, 0.15) is 57.1 Å². The summed E-state index contributed by atoms with van der Waals surface area (Å²) in [6, 6.07) is 12.2. The van der Waals surface area contributed by atoms with Crippen molar-refractivity contribution in [3.63, 3.8) is 0 Å². The normalized spacial score (nSPS) is 22.2. The van der Waals surface area contributed by atoms with Gasteiger partial charge in [0.05, 0.1) is 16.8 Å². The summed E-state index contributed by atoms with van der Waals surface area (Å²) in [6.07, 6.45) is 6.79. The van der Waals surface area contributed by atoms with Gasteiger partial charge in [0.1, 0.15) is 11.5 Å². The molecule has 5 nitrogen and oxygen atoms in total. The minimum Gasteiger partial charge on any atom is -0.508 e. The van der Waals surface area contributed by atoms with Crippen molar-refractivity contribution in [3.05, 3.63) is 58.1 Å². The second-order valence-corrected chi connectivity index (χ2v) is 9.26. The third-order valence-corrected chi connectivity index (χ3v) is 6.74. The van der Waals surface area contributed by atoms with Crippen LogP contribution >= 0.6 is 23.2 Å².